The SMILES string of the molecule is CN(C(=O)c1cnn2c1OCCC2)C1CCCCC1. The van der Waals surface area contributed by atoms with Gasteiger partial charge >= 0.3 is 0 Å². The average Bonchev–Trinajstić information content (AvgIpc) is 2.90. The molecule has 1 aromatic heterocycles. The number of hydrogen-bond acceptors (Lipinski definition) is 3. The average molecular weight is 263 g/mol. The molecule has 1 aromatic rings. The quantitative estimate of drug-likeness (QED) is 0.820. The Morgan fingerprint density at radius 3 is 2.95 bits per heavy atom. The van der Waals surface area contributed by atoms with Crippen molar-refractivity contribution in [2.45, 2.75) is 51.1 Å². The van der Waals surface area contributed by atoms with E-state index in [1.807, 2.05) is 11.9 Å². The van der Waals surface area contributed by atoms with Crippen LogP contribution in [0.3, 0.4) is 0 Å². The lowest BCUT2D eigenvalue weighted by Gasteiger charge is -2.31. The van der Waals surface area contributed by atoms with Crippen molar-refractivity contribution in [2.24, 2.45) is 0 Å². The molecule has 2 heterocycles. The zero-order valence-electron chi connectivity index (χ0n) is 11.5. The summed E-state index contributed by atoms with van der Waals surface area (Å²) in [5.74, 6) is 0.703. The second kappa shape index (κ2) is 5.23. The molecule has 0 atom stereocenters. The monoisotopic (exact) mass is 263 g/mol. The Morgan fingerprint density at radius 2 is 2.16 bits per heavy atom. The number of amides is 1. The molecular formula is C14H21N3O2. The highest BCUT2D eigenvalue weighted by Gasteiger charge is 2.28. The fourth-order valence-corrected chi connectivity index (χ4v) is 3.04. The molecule has 0 saturated heterocycles. The molecule has 19 heavy (non-hydrogen) atoms. The minimum absolute atomic E-state index is 0.0510. The second-order valence-electron chi connectivity index (χ2n) is 5.50. The van der Waals surface area contributed by atoms with E-state index in [1.165, 1.54) is 19.3 Å². The molecule has 3 rings (SSSR count). The highest BCUT2D eigenvalue weighted by atomic mass is 16.5. The molecule has 104 valence electrons. The van der Waals surface area contributed by atoms with Gasteiger partial charge in [0.1, 0.15) is 5.56 Å². The number of fused-ring (bicyclic) bond motifs is 1. The van der Waals surface area contributed by atoms with Crippen LogP contribution in [-0.2, 0) is 6.54 Å². The third-order valence-electron chi connectivity index (χ3n) is 4.22. The predicted octanol–water partition coefficient (Wildman–Crippen LogP) is 2.07. The first-order valence-corrected chi connectivity index (χ1v) is 7.23. The molecule has 0 unspecified atom stereocenters. The third kappa shape index (κ3) is 2.33. The van der Waals surface area contributed by atoms with Crippen LogP contribution in [0, 0.1) is 0 Å². The summed E-state index contributed by atoms with van der Waals surface area (Å²) >= 11 is 0. The van der Waals surface area contributed by atoms with E-state index in [0.29, 0.717) is 24.1 Å². The number of nitrogens with zero attached hydrogens (tertiary/aromatic N) is 3. The number of carbonyl (C=O) groups is 1. The van der Waals surface area contributed by atoms with Gasteiger partial charge in [0.25, 0.3) is 5.91 Å². The molecule has 1 saturated carbocycles. The highest BCUT2D eigenvalue weighted by Crippen LogP contribution is 2.27. The number of ether oxygens (including phenoxy) is 1. The lowest BCUT2D eigenvalue weighted by molar-refractivity contribution is 0.0689. The zero-order valence-corrected chi connectivity index (χ0v) is 11.5. The molecule has 5 nitrogen and oxygen atoms in total. The van der Waals surface area contributed by atoms with Gasteiger partial charge in [-0.1, -0.05) is 19.3 Å². The van der Waals surface area contributed by atoms with Crippen LogP contribution in [0.25, 0.3) is 0 Å². The summed E-state index contributed by atoms with van der Waals surface area (Å²) in [5.41, 5.74) is 0.618. The Kier molecular flexibility index (Phi) is 3.44. The maximum Gasteiger partial charge on any atom is 0.260 e. The van der Waals surface area contributed by atoms with Crippen molar-refractivity contribution >= 4 is 5.91 Å². The number of hydrogen-bond donors (Lipinski definition) is 0. The maximum absolute atomic E-state index is 12.6. The van der Waals surface area contributed by atoms with E-state index in [1.54, 1.807) is 10.9 Å². The van der Waals surface area contributed by atoms with Crippen LogP contribution >= 0.6 is 0 Å². The third-order valence-corrected chi connectivity index (χ3v) is 4.22. The van der Waals surface area contributed by atoms with E-state index in [-0.39, 0.29) is 5.91 Å². The van der Waals surface area contributed by atoms with Gasteiger partial charge in [0.2, 0.25) is 5.88 Å². The predicted molar refractivity (Wildman–Crippen MR) is 71.3 cm³/mol. The van der Waals surface area contributed by atoms with Gasteiger partial charge in [0.05, 0.1) is 12.8 Å². The molecule has 0 N–H and O–H groups in total. The first kappa shape index (κ1) is 12.5. The Labute approximate surface area is 113 Å². The van der Waals surface area contributed by atoms with Crippen LogP contribution in [0.1, 0.15) is 48.9 Å². The summed E-state index contributed by atoms with van der Waals surface area (Å²) in [4.78, 5) is 14.5. The van der Waals surface area contributed by atoms with Crippen LogP contribution in [0.4, 0.5) is 0 Å². The standard InChI is InChI=1S/C14H21N3O2/c1-16(11-6-3-2-4-7-11)13(18)12-10-15-17-8-5-9-19-14(12)17/h10-11H,2-9H2,1H3. The van der Waals surface area contributed by atoms with Gasteiger partial charge in [-0.2, -0.15) is 5.10 Å². The molecule has 0 radical (unpaired) electrons. The van der Waals surface area contributed by atoms with Gasteiger partial charge in [0, 0.05) is 26.1 Å². The van der Waals surface area contributed by atoms with Gasteiger partial charge in [-0.15, -0.1) is 0 Å². The number of aromatic nitrogens is 2. The van der Waals surface area contributed by atoms with Crippen molar-refractivity contribution in [3.05, 3.63) is 11.8 Å². The molecule has 1 fully saturated rings. The lowest BCUT2D eigenvalue weighted by atomic mass is 9.94. The lowest BCUT2D eigenvalue weighted by Crippen LogP contribution is -2.38. The van der Waals surface area contributed by atoms with Crippen molar-refractivity contribution in [1.29, 1.82) is 0 Å². The Hall–Kier alpha value is -1.52. The number of carbonyl (C=O) groups excluding carboxylic acids is 1. The van der Waals surface area contributed by atoms with Gasteiger partial charge in [-0.25, -0.2) is 4.68 Å². The molecule has 0 bridgehead atoms. The van der Waals surface area contributed by atoms with Crippen molar-refractivity contribution in [2.75, 3.05) is 13.7 Å². The van der Waals surface area contributed by atoms with Crippen molar-refractivity contribution in [3.8, 4) is 5.88 Å². The first-order valence-electron chi connectivity index (χ1n) is 7.23. The minimum Gasteiger partial charge on any atom is -0.477 e. The van der Waals surface area contributed by atoms with E-state index in [2.05, 4.69) is 5.10 Å². The van der Waals surface area contributed by atoms with Crippen LogP contribution in [-0.4, -0.2) is 40.3 Å². The van der Waals surface area contributed by atoms with E-state index in [0.717, 1.165) is 25.8 Å². The second-order valence-corrected chi connectivity index (χ2v) is 5.50. The van der Waals surface area contributed by atoms with Crippen LogP contribution in [0.2, 0.25) is 0 Å². The van der Waals surface area contributed by atoms with Crippen molar-refractivity contribution < 1.29 is 9.53 Å². The molecule has 1 aliphatic heterocycles. The van der Waals surface area contributed by atoms with E-state index in [9.17, 15) is 4.79 Å². The van der Waals surface area contributed by atoms with E-state index in [4.69, 9.17) is 4.74 Å². The van der Waals surface area contributed by atoms with E-state index >= 15 is 0 Å². The van der Waals surface area contributed by atoms with Gasteiger partial charge in [-0.05, 0) is 12.8 Å². The topological polar surface area (TPSA) is 47.4 Å². The maximum atomic E-state index is 12.6. The fraction of sp³-hybridized carbons (Fsp3) is 0.714. The summed E-state index contributed by atoms with van der Waals surface area (Å²) in [6, 6.07) is 0.375. The summed E-state index contributed by atoms with van der Waals surface area (Å²) in [6.45, 7) is 1.52. The molecule has 2 aliphatic rings. The van der Waals surface area contributed by atoms with Crippen LogP contribution < -0.4 is 4.74 Å². The van der Waals surface area contributed by atoms with Gasteiger partial charge < -0.3 is 9.64 Å². The summed E-state index contributed by atoms with van der Waals surface area (Å²) in [7, 11) is 1.91. The zero-order chi connectivity index (χ0) is 13.2. The van der Waals surface area contributed by atoms with Crippen molar-refractivity contribution in [3.63, 3.8) is 0 Å². The van der Waals surface area contributed by atoms with Crippen molar-refractivity contribution in [1.82, 2.24) is 14.7 Å². The highest BCUT2D eigenvalue weighted by molar-refractivity contribution is 5.96. The van der Waals surface area contributed by atoms with Gasteiger partial charge in [-0.3, -0.25) is 4.79 Å². The molecule has 5 heteroatoms. The number of rotatable bonds is 2. The Bertz CT molecular complexity index is 463. The molecule has 1 aliphatic carbocycles. The summed E-state index contributed by atoms with van der Waals surface area (Å²) < 4.78 is 7.40. The molecule has 1 amide bonds. The largest absolute Gasteiger partial charge is 0.477 e. The van der Waals surface area contributed by atoms with Gasteiger partial charge in [0.15, 0.2) is 0 Å². The summed E-state index contributed by atoms with van der Waals surface area (Å²) in [6.07, 6.45) is 8.60. The van der Waals surface area contributed by atoms with Crippen LogP contribution in [0.15, 0.2) is 6.20 Å². The number of aryl methyl sites for hydroxylation is 1. The fourth-order valence-electron chi connectivity index (χ4n) is 3.04. The minimum atomic E-state index is 0.0510. The Morgan fingerprint density at radius 1 is 1.37 bits per heavy atom. The van der Waals surface area contributed by atoms with Crippen LogP contribution in [0.5, 0.6) is 5.88 Å². The Balaban J connectivity index is 1.77. The molecular weight excluding hydrogens is 242 g/mol. The smallest absolute Gasteiger partial charge is 0.260 e. The van der Waals surface area contributed by atoms with E-state index < -0.39 is 0 Å². The molecule has 0 spiro atoms. The first-order chi connectivity index (χ1) is 9.27. The normalized spacial score (nSPS) is 19.6. The summed E-state index contributed by atoms with van der Waals surface area (Å²) in [5, 5.41) is 4.25. The molecule has 0 aromatic carbocycles.